The van der Waals surface area contributed by atoms with Crippen LogP contribution in [0, 0.1) is 0 Å². The van der Waals surface area contributed by atoms with Crippen LogP contribution >= 0.6 is 27.5 Å². The van der Waals surface area contributed by atoms with Crippen molar-refractivity contribution in [1.82, 2.24) is 9.80 Å². The number of benzene rings is 1. The number of likely N-dealkylation sites (N-methyl/N-ethyl adjacent to an activating group) is 1. The van der Waals surface area contributed by atoms with Crippen LogP contribution in [0.25, 0.3) is 0 Å². The number of carbonyl (C=O) groups is 1. The SMILES string of the molecule is CCC1CN(C)CCCN1C(=O)c1cc(Br)ccc1Cl. The van der Waals surface area contributed by atoms with E-state index < -0.39 is 0 Å². The third-order valence-corrected chi connectivity index (χ3v) is 4.62. The number of amides is 1. The molecule has 0 aliphatic carbocycles. The molecule has 2 rings (SSSR count). The second kappa shape index (κ2) is 6.92. The van der Waals surface area contributed by atoms with Crippen molar-refractivity contribution in [2.24, 2.45) is 0 Å². The standard InChI is InChI=1S/C15H20BrClN2O/c1-3-12-10-18(2)7-4-8-19(12)15(20)13-9-11(16)5-6-14(13)17/h5-6,9,12H,3-4,7-8,10H2,1-2H3. The number of carbonyl (C=O) groups excluding carboxylic acids is 1. The smallest absolute Gasteiger partial charge is 0.255 e. The Morgan fingerprint density at radius 3 is 2.90 bits per heavy atom. The van der Waals surface area contributed by atoms with Crippen molar-refractivity contribution < 1.29 is 4.79 Å². The van der Waals surface area contributed by atoms with E-state index in [4.69, 9.17) is 11.6 Å². The van der Waals surface area contributed by atoms with Crippen LogP contribution < -0.4 is 0 Å². The van der Waals surface area contributed by atoms with Crippen molar-refractivity contribution in [2.45, 2.75) is 25.8 Å². The van der Waals surface area contributed by atoms with Gasteiger partial charge >= 0.3 is 0 Å². The molecule has 3 nitrogen and oxygen atoms in total. The average Bonchev–Trinajstić information content (AvgIpc) is 2.62. The summed E-state index contributed by atoms with van der Waals surface area (Å²) >= 11 is 9.60. The zero-order chi connectivity index (χ0) is 14.7. The largest absolute Gasteiger partial charge is 0.334 e. The second-order valence-electron chi connectivity index (χ2n) is 5.30. The van der Waals surface area contributed by atoms with Crippen LogP contribution in [0.4, 0.5) is 0 Å². The highest BCUT2D eigenvalue weighted by Crippen LogP contribution is 2.24. The Labute approximate surface area is 134 Å². The first-order valence-corrected chi connectivity index (χ1v) is 8.14. The highest BCUT2D eigenvalue weighted by molar-refractivity contribution is 9.10. The van der Waals surface area contributed by atoms with Crippen molar-refractivity contribution in [3.05, 3.63) is 33.3 Å². The fraction of sp³-hybridized carbons (Fsp3) is 0.533. The Hall–Kier alpha value is -0.580. The van der Waals surface area contributed by atoms with Gasteiger partial charge in [-0.25, -0.2) is 0 Å². The minimum absolute atomic E-state index is 0.0402. The van der Waals surface area contributed by atoms with Crippen LogP contribution in [-0.4, -0.2) is 48.4 Å². The molecule has 0 N–H and O–H groups in total. The third kappa shape index (κ3) is 3.54. The van der Waals surface area contributed by atoms with E-state index >= 15 is 0 Å². The fourth-order valence-electron chi connectivity index (χ4n) is 2.68. The van der Waals surface area contributed by atoms with Crippen LogP contribution in [0.3, 0.4) is 0 Å². The van der Waals surface area contributed by atoms with E-state index in [1.807, 2.05) is 17.0 Å². The van der Waals surface area contributed by atoms with Crippen LogP contribution in [0.2, 0.25) is 5.02 Å². The molecule has 5 heteroatoms. The van der Waals surface area contributed by atoms with Crippen LogP contribution in [0.15, 0.2) is 22.7 Å². The van der Waals surface area contributed by atoms with E-state index in [-0.39, 0.29) is 11.9 Å². The predicted octanol–water partition coefficient (Wildman–Crippen LogP) is 3.66. The van der Waals surface area contributed by atoms with E-state index in [1.165, 1.54) is 0 Å². The lowest BCUT2D eigenvalue weighted by atomic mass is 10.1. The van der Waals surface area contributed by atoms with Crippen molar-refractivity contribution in [2.75, 3.05) is 26.7 Å². The summed E-state index contributed by atoms with van der Waals surface area (Å²) in [7, 11) is 2.11. The zero-order valence-electron chi connectivity index (χ0n) is 11.9. The summed E-state index contributed by atoms with van der Waals surface area (Å²) in [5.41, 5.74) is 0.587. The van der Waals surface area contributed by atoms with Gasteiger partial charge in [0.1, 0.15) is 0 Å². The van der Waals surface area contributed by atoms with Crippen molar-refractivity contribution in [3.63, 3.8) is 0 Å². The van der Waals surface area contributed by atoms with Gasteiger partial charge in [0.25, 0.3) is 5.91 Å². The van der Waals surface area contributed by atoms with Gasteiger partial charge in [0.2, 0.25) is 0 Å². The summed E-state index contributed by atoms with van der Waals surface area (Å²) < 4.78 is 0.880. The molecule has 1 aliphatic rings. The van der Waals surface area contributed by atoms with Gasteiger partial charge in [-0.3, -0.25) is 4.79 Å². The van der Waals surface area contributed by atoms with Crippen LogP contribution in [0.1, 0.15) is 30.1 Å². The molecule has 20 heavy (non-hydrogen) atoms. The summed E-state index contributed by atoms with van der Waals surface area (Å²) in [6.45, 7) is 4.89. The molecule has 1 atom stereocenters. The van der Waals surface area contributed by atoms with E-state index in [0.29, 0.717) is 10.6 Å². The molecule has 0 radical (unpaired) electrons. The number of hydrogen-bond acceptors (Lipinski definition) is 2. The molecule has 110 valence electrons. The van der Waals surface area contributed by atoms with Gasteiger partial charge in [-0.2, -0.15) is 0 Å². The average molecular weight is 360 g/mol. The molecule has 1 aliphatic heterocycles. The summed E-state index contributed by atoms with van der Waals surface area (Å²) in [4.78, 5) is 17.1. The number of halogens is 2. The van der Waals surface area contributed by atoms with Gasteiger partial charge in [-0.1, -0.05) is 34.5 Å². The first-order chi connectivity index (χ1) is 9.52. The van der Waals surface area contributed by atoms with Crippen LogP contribution in [-0.2, 0) is 0 Å². The van der Waals surface area contributed by atoms with Gasteiger partial charge in [0, 0.05) is 23.6 Å². The summed E-state index contributed by atoms with van der Waals surface area (Å²) in [6.07, 6.45) is 1.96. The predicted molar refractivity (Wildman–Crippen MR) is 86.4 cm³/mol. The van der Waals surface area contributed by atoms with Crippen molar-refractivity contribution >= 4 is 33.4 Å². The second-order valence-corrected chi connectivity index (χ2v) is 6.62. The molecule has 1 aromatic carbocycles. The normalized spacial score (nSPS) is 20.8. The van der Waals surface area contributed by atoms with Gasteiger partial charge in [-0.15, -0.1) is 0 Å². The minimum atomic E-state index is 0.0402. The Bertz CT molecular complexity index is 495. The van der Waals surface area contributed by atoms with E-state index in [1.54, 1.807) is 6.07 Å². The molecule has 1 heterocycles. The van der Waals surface area contributed by atoms with Crippen molar-refractivity contribution in [3.8, 4) is 0 Å². The fourth-order valence-corrected chi connectivity index (χ4v) is 3.24. The molecule has 1 fully saturated rings. The number of nitrogens with zero attached hydrogens (tertiary/aromatic N) is 2. The first-order valence-electron chi connectivity index (χ1n) is 6.97. The summed E-state index contributed by atoms with van der Waals surface area (Å²) in [5, 5.41) is 0.519. The molecule has 0 bridgehead atoms. The maximum absolute atomic E-state index is 12.8. The number of hydrogen-bond donors (Lipinski definition) is 0. The Balaban J connectivity index is 2.27. The van der Waals surface area contributed by atoms with E-state index in [2.05, 4.69) is 34.8 Å². The maximum Gasteiger partial charge on any atom is 0.255 e. The lowest BCUT2D eigenvalue weighted by molar-refractivity contribution is 0.0676. The Morgan fingerprint density at radius 2 is 2.20 bits per heavy atom. The van der Waals surface area contributed by atoms with Gasteiger partial charge < -0.3 is 9.80 Å². The molecule has 1 aromatic rings. The molecule has 0 aromatic heterocycles. The van der Waals surface area contributed by atoms with Gasteiger partial charge in [0.05, 0.1) is 10.6 Å². The molecular formula is C15H20BrClN2O. The highest BCUT2D eigenvalue weighted by Gasteiger charge is 2.27. The summed E-state index contributed by atoms with van der Waals surface area (Å²) in [5.74, 6) is 0.0402. The number of rotatable bonds is 2. The zero-order valence-corrected chi connectivity index (χ0v) is 14.2. The molecule has 1 amide bonds. The quantitative estimate of drug-likeness (QED) is 0.804. The lowest BCUT2D eigenvalue weighted by Gasteiger charge is -2.30. The van der Waals surface area contributed by atoms with Crippen molar-refractivity contribution in [1.29, 1.82) is 0 Å². The third-order valence-electron chi connectivity index (χ3n) is 3.79. The molecule has 1 unspecified atom stereocenters. The van der Waals surface area contributed by atoms with Crippen LogP contribution in [0.5, 0.6) is 0 Å². The molecular weight excluding hydrogens is 340 g/mol. The Kier molecular flexibility index (Phi) is 5.47. The minimum Gasteiger partial charge on any atom is -0.334 e. The first kappa shape index (κ1) is 15.8. The monoisotopic (exact) mass is 358 g/mol. The molecule has 1 saturated heterocycles. The van der Waals surface area contributed by atoms with E-state index in [0.717, 1.165) is 36.9 Å². The topological polar surface area (TPSA) is 23.6 Å². The van der Waals surface area contributed by atoms with Gasteiger partial charge in [-0.05, 0) is 44.6 Å². The summed E-state index contributed by atoms with van der Waals surface area (Å²) in [6, 6.07) is 5.69. The molecule has 0 spiro atoms. The maximum atomic E-state index is 12.8. The lowest BCUT2D eigenvalue weighted by Crippen LogP contribution is -2.43. The van der Waals surface area contributed by atoms with Gasteiger partial charge in [0.15, 0.2) is 0 Å². The molecule has 0 saturated carbocycles. The highest BCUT2D eigenvalue weighted by atomic mass is 79.9. The Morgan fingerprint density at radius 1 is 1.45 bits per heavy atom. The van der Waals surface area contributed by atoms with E-state index in [9.17, 15) is 4.79 Å².